The quantitative estimate of drug-likeness (QED) is 0.787. The van der Waals surface area contributed by atoms with E-state index >= 15 is 0 Å². The number of pyridine rings is 1. The average molecular weight is 345 g/mol. The molecule has 0 amide bonds. The number of benzene rings is 1. The highest BCUT2D eigenvalue weighted by molar-refractivity contribution is 9.10. The van der Waals surface area contributed by atoms with Crippen molar-refractivity contribution in [2.24, 2.45) is 0 Å². The van der Waals surface area contributed by atoms with Crippen molar-refractivity contribution in [2.75, 3.05) is 7.05 Å². The molecular formula is C15H13BrN4O. The molecule has 0 bridgehead atoms. The number of halogens is 1. The van der Waals surface area contributed by atoms with Crippen molar-refractivity contribution in [1.82, 2.24) is 20.5 Å². The highest BCUT2D eigenvalue weighted by Crippen LogP contribution is 2.27. The maximum atomic E-state index is 5.78. The van der Waals surface area contributed by atoms with E-state index in [4.69, 9.17) is 4.42 Å². The van der Waals surface area contributed by atoms with Crippen LogP contribution in [0.1, 0.15) is 17.5 Å². The number of nitrogens with one attached hydrogen (secondary N) is 1. The minimum Gasteiger partial charge on any atom is -0.417 e. The predicted molar refractivity (Wildman–Crippen MR) is 82.6 cm³/mol. The molecule has 2 aromatic heterocycles. The molecule has 3 aromatic rings. The third-order valence-corrected chi connectivity index (χ3v) is 3.71. The minimum atomic E-state index is -0.144. The minimum absolute atomic E-state index is 0.144. The predicted octanol–water partition coefficient (Wildman–Crippen LogP) is 3.20. The van der Waals surface area contributed by atoms with Crippen LogP contribution in [0.5, 0.6) is 0 Å². The first-order valence-corrected chi connectivity index (χ1v) is 7.25. The zero-order valence-electron chi connectivity index (χ0n) is 11.3. The summed E-state index contributed by atoms with van der Waals surface area (Å²) in [5.74, 6) is 0.907. The number of rotatable bonds is 4. The molecule has 1 aromatic carbocycles. The van der Waals surface area contributed by atoms with Crippen LogP contribution in [0.15, 0.2) is 57.6 Å². The Morgan fingerprint density at radius 2 is 1.90 bits per heavy atom. The summed E-state index contributed by atoms with van der Waals surface area (Å²) in [6, 6.07) is 13.5. The van der Waals surface area contributed by atoms with Gasteiger partial charge in [0, 0.05) is 10.7 Å². The molecule has 0 saturated heterocycles. The van der Waals surface area contributed by atoms with E-state index in [0.717, 1.165) is 10.0 Å². The first kappa shape index (κ1) is 13.9. The van der Waals surface area contributed by atoms with Crippen LogP contribution in [0.25, 0.3) is 11.6 Å². The average Bonchev–Trinajstić information content (AvgIpc) is 2.99. The molecule has 0 aliphatic heterocycles. The topological polar surface area (TPSA) is 63.8 Å². The Kier molecular flexibility index (Phi) is 4.08. The molecule has 2 heterocycles. The standard InChI is InChI=1S/C15H13BrN4O/c1-17-12(10-6-3-2-4-7-10)14-19-20-15(21-14)13-11(16)8-5-9-18-13/h2-9,12,17H,1H3. The van der Waals surface area contributed by atoms with Crippen LogP contribution in [-0.4, -0.2) is 22.2 Å². The molecule has 0 spiro atoms. The van der Waals surface area contributed by atoms with Crippen molar-refractivity contribution < 1.29 is 4.42 Å². The molecule has 1 N–H and O–H groups in total. The lowest BCUT2D eigenvalue weighted by atomic mass is 10.1. The van der Waals surface area contributed by atoms with Crippen molar-refractivity contribution in [3.8, 4) is 11.6 Å². The van der Waals surface area contributed by atoms with E-state index in [-0.39, 0.29) is 6.04 Å². The Labute approximate surface area is 130 Å². The first-order valence-electron chi connectivity index (χ1n) is 6.46. The summed E-state index contributed by atoms with van der Waals surface area (Å²) in [7, 11) is 1.86. The molecule has 0 aliphatic carbocycles. The second-order valence-corrected chi connectivity index (χ2v) is 5.27. The lowest BCUT2D eigenvalue weighted by Crippen LogP contribution is -2.17. The summed E-state index contributed by atoms with van der Waals surface area (Å²) in [6.45, 7) is 0. The lowest BCUT2D eigenvalue weighted by Gasteiger charge is -2.11. The number of hydrogen-bond acceptors (Lipinski definition) is 5. The molecule has 106 valence electrons. The molecule has 1 atom stereocenters. The van der Waals surface area contributed by atoms with E-state index in [1.54, 1.807) is 6.20 Å². The van der Waals surface area contributed by atoms with E-state index in [1.807, 2.05) is 49.5 Å². The molecule has 0 aliphatic rings. The van der Waals surface area contributed by atoms with Crippen LogP contribution in [-0.2, 0) is 0 Å². The lowest BCUT2D eigenvalue weighted by molar-refractivity contribution is 0.455. The van der Waals surface area contributed by atoms with Crippen LogP contribution >= 0.6 is 15.9 Å². The molecule has 1 unspecified atom stereocenters. The van der Waals surface area contributed by atoms with Crippen molar-refractivity contribution in [3.05, 3.63) is 64.6 Å². The third-order valence-electron chi connectivity index (χ3n) is 3.07. The highest BCUT2D eigenvalue weighted by atomic mass is 79.9. The first-order chi connectivity index (χ1) is 10.3. The fraction of sp³-hybridized carbons (Fsp3) is 0.133. The number of aromatic nitrogens is 3. The van der Waals surface area contributed by atoms with Crippen LogP contribution in [0.4, 0.5) is 0 Å². The zero-order valence-corrected chi connectivity index (χ0v) is 12.9. The summed E-state index contributed by atoms with van der Waals surface area (Å²) in [5.41, 5.74) is 1.70. The number of hydrogen-bond donors (Lipinski definition) is 1. The van der Waals surface area contributed by atoms with Crippen LogP contribution in [0.2, 0.25) is 0 Å². The van der Waals surface area contributed by atoms with E-state index < -0.39 is 0 Å². The highest BCUT2D eigenvalue weighted by Gasteiger charge is 2.20. The fourth-order valence-corrected chi connectivity index (χ4v) is 2.49. The van der Waals surface area contributed by atoms with Gasteiger partial charge in [0.1, 0.15) is 11.7 Å². The second-order valence-electron chi connectivity index (χ2n) is 4.41. The monoisotopic (exact) mass is 344 g/mol. The van der Waals surface area contributed by atoms with Crippen molar-refractivity contribution in [3.63, 3.8) is 0 Å². The van der Waals surface area contributed by atoms with E-state index in [1.165, 1.54) is 0 Å². The zero-order chi connectivity index (χ0) is 14.7. The summed E-state index contributed by atoms with van der Waals surface area (Å²) >= 11 is 3.44. The third kappa shape index (κ3) is 2.86. The Balaban J connectivity index is 1.96. The van der Waals surface area contributed by atoms with Gasteiger partial charge in [-0.3, -0.25) is 0 Å². The van der Waals surface area contributed by atoms with Gasteiger partial charge in [0.05, 0.1) is 0 Å². The van der Waals surface area contributed by atoms with Gasteiger partial charge < -0.3 is 9.73 Å². The molecule has 0 fully saturated rings. The summed E-state index contributed by atoms with van der Waals surface area (Å²) < 4.78 is 6.60. The fourth-order valence-electron chi connectivity index (χ4n) is 2.07. The Hall–Kier alpha value is -2.05. The Morgan fingerprint density at radius 3 is 2.62 bits per heavy atom. The van der Waals surface area contributed by atoms with Gasteiger partial charge in [-0.2, -0.15) is 0 Å². The van der Waals surface area contributed by atoms with Crippen LogP contribution in [0, 0.1) is 0 Å². The molecular weight excluding hydrogens is 332 g/mol. The molecule has 3 rings (SSSR count). The maximum absolute atomic E-state index is 5.78. The SMILES string of the molecule is CNC(c1ccccc1)c1nnc(-c2ncccc2Br)o1. The van der Waals surface area contributed by atoms with Gasteiger partial charge in [-0.1, -0.05) is 30.3 Å². The molecule has 0 saturated carbocycles. The van der Waals surface area contributed by atoms with Gasteiger partial charge in [0.25, 0.3) is 5.89 Å². The maximum Gasteiger partial charge on any atom is 0.267 e. The van der Waals surface area contributed by atoms with Gasteiger partial charge in [0.2, 0.25) is 5.89 Å². The Bertz CT molecular complexity index is 729. The Morgan fingerprint density at radius 1 is 1.10 bits per heavy atom. The van der Waals surface area contributed by atoms with E-state index in [9.17, 15) is 0 Å². The van der Waals surface area contributed by atoms with E-state index in [2.05, 4.69) is 36.4 Å². The van der Waals surface area contributed by atoms with Gasteiger partial charge in [-0.25, -0.2) is 4.98 Å². The normalized spacial score (nSPS) is 12.3. The van der Waals surface area contributed by atoms with Crippen molar-refractivity contribution in [1.29, 1.82) is 0 Å². The van der Waals surface area contributed by atoms with Gasteiger partial charge in [0.15, 0.2) is 0 Å². The summed E-state index contributed by atoms with van der Waals surface area (Å²) in [5, 5.41) is 11.4. The smallest absolute Gasteiger partial charge is 0.267 e. The molecule has 5 nitrogen and oxygen atoms in total. The second kappa shape index (κ2) is 6.15. The van der Waals surface area contributed by atoms with Crippen LogP contribution in [0.3, 0.4) is 0 Å². The van der Waals surface area contributed by atoms with Gasteiger partial charge in [-0.15, -0.1) is 10.2 Å². The summed E-state index contributed by atoms with van der Waals surface area (Å²) in [4.78, 5) is 4.26. The van der Waals surface area contributed by atoms with Crippen LogP contribution < -0.4 is 5.32 Å². The van der Waals surface area contributed by atoms with Gasteiger partial charge >= 0.3 is 0 Å². The molecule has 0 radical (unpaired) electrons. The molecule has 21 heavy (non-hydrogen) atoms. The number of nitrogens with zero attached hydrogens (tertiary/aromatic N) is 3. The summed E-state index contributed by atoms with van der Waals surface area (Å²) in [6.07, 6.45) is 1.69. The van der Waals surface area contributed by atoms with Crippen molar-refractivity contribution >= 4 is 15.9 Å². The largest absolute Gasteiger partial charge is 0.417 e. The van der Waals surface area contributed by atoms with E-state index in [0.29, 0.717) is 17.5 Å². The molecule has 6 heteroatoms. The van der Waals surface area contributed by atoms with Gasteiger partial charge in [-0.05, 0) is 40.7 Å². The van der Waals surface area contributed by atoms with Crippen molar-refractivity contribution in [2.45, 2.75) is 6.04 Å².